The van der Waals surface area contributed by atoms with Gasteiger partial charge >= 0.3 is 5.97 Å². The average Bonchev–Trinajstić information content (AvgIpc) is 3.16. The summed E-state index contributed by atoms with van der Waals surface area (Å²) in [4.78, 5) is 23.2. The number of aromatic nitrogens is 3. The number of aromatic amines is 1. The van der Waals surface area contributed by atoms with Gasteiger partial charge in [-0.05, 0) is 12.3 Å². The molecule has 0 aromatic carbocycles. The summed E-state index contributed by atoms with van der Waals surface area (Å²) in [5.41, 5.74) is 13.9. The number of esters is 1. The van der Waals surface area contributed by atoms with Crippen LogP contribution < -0.4 is 16.8 Å². The molecule has 4 unspecified atom stereocenters. The van der Waals surface area contributed by atoms with Crippen LogP contribution in [0, 0.1) is 5.92 Å². The van der Waals surface area contributed by atoms with E-state index in [9.17, 15) is 9.90 Å². The summed E-state index contributed by atoms with van der Waals surface area (Å²) in [7, 11) is 0. The molecule has 1 saturated heterocycles. The van der Waals surface area contributed by atoms with Crippen LogP contribution in [0.4, 0.5) is 5.82 Å². The minimum Gasteiger partial charge on any atom is -0.463 e. The number of nitrogens with two attached hydrogens (primary N) is 2. The van der Waals surface area contributed by atoms with Gasteiger partial charge in [-0.1, -0.05) is 13.8 Å². The Morgan fingerprint density at radius 3 is 2.96 bits per heavy atom. The number of carbonyl (C=O) groups is 1. The van der Waals surface area contributed by atoms with Crippen molar-refractivity contribution in [3.63, 3.8) is 0 Å². The summed E-state index contributed by atoms with van der Waals surface area (Å²) in [6.07, 6.45) is 3.06. The number of ether oxygens (including phenoxy) is 1. The normalized spacial score (nSPS) is 24.8. The number of anilines is 1. The summed E-state index contributed by atoms with van der Waals surface area (Å²) in [6.45, 7) is 3.78. The Kier molecular flexibility index (Phi) is 4.89. The van der Waals surface area contributed by atoms with Crippen LogP contribution in [0.2, 0.25) is 0 Å². The maximum Gasteiger partial charge on any atom is 0.323 e. The van der Waals surface area contributed by atoms with Crippen molar-refractivity contribution in [2.45, 2.75) is 44.5 Å². The fourth-order valence-electron chi connectivity index (χ4n) is 3.00. The Bertz CT molecular complexity index is 761. The van der Waals surface area contributed by atoms with Gasteiger partial charge in [0.2, 0.25) is 0 Å². The number of aliphatic hydroxyl groups excluding tert-OH is 1. The highest BCUT2D eigenvalue weighted by Gasteiger charge is 2.35. The van der Waals surface area contributed by atoms with Gasteiger partial charge in [0.1, 0.15) is 24.5 Å². The number of rotatable bonds is 5. The molecule has 2 aromatic heterocycles. The molecule has 1 aliphatic rings. The van der Waals surface area contributed by atoms with Crippen molar-refractivity contribution < 1.29 is 14.6 Å². The van der Waals surface area contributed by atoms with Crippen molar-refractivity contribution in [1.82, 2.24) is 20.3 Å². The molecule has 0 amide bonds. The van der Waals surface area contributed by atoms with E-state index in [-0.39, 0.29) is 24.6 Å². The first-order valence-electron chi connectivity index (χ1n) is 8.32. The lowest BCUT2D eigenvalue weighted by molar-refractivity contribution is -0.147. The molecule has 9 heteroatoms. The summed E-state index contributed by atoms with van der Waals surface area (Å²) in [5, 5.41) is 13.6. The fourth-order valence-corrected chi connectivity index (χ4v) is 3.00. The quantitative estimate of drug-likeness (QED) is 0.467. The third-order valence-electron chi connectivity index (χ3n) is 4.65. The molecule has 0 spiro atoms. The Balaban J connectivity index is 1.67. The van der Waals surface area contributed by atoms with Gasteiger partial charge < -0.3 is 31.6 Å². The maximum absolute atomic E-state index is 11.9. The molecule has 7 N–H and O–H groups in total. The lowest BCUT2D eigenvalue weighted by Gasteiger charge is -2.19. The number of H-pyrrole nitrogens is 1. The molecule has 2 aromatic rings. The molecule has 1 fully saturated rings. The summed E-state index contributed by atoms with van der Waals surface area (Å²) in [5.74, 6) is -0.0823. The molecule has 0 radical (unpaired) electrons. The fraction of sp³-hybridized carbons (Fsp3) is 0.562. The topological polar surface area (TPSA) is 152 Å². The molecule has 25 heavy (non-hydrogen) atoms. The second kappa shape index (κ2) is 6.95. The van der Waals surface area contributed by atoms with Gasteiger partial charge in [-0.3, -0.25) is 4.79 Å². The van der Waals surface area contributed by atoms with E-state index in [0.717, 1.165) is 11.1 Å². The zero-order valence-corrected chi connectivity index (χ0v) is 14.3. The van der Waals surface area contributed by atoms with Crippen molar-refractivity contribution in [3.05, 3.63) is 18.1 Å². The molecule has 0 bridgehead atoms. The van der Waals surface area contributed by atoms with Gasteiger partial charge in [0.05, 0.1) is 17.7 Å². The van der Waals surface area contributed by atoms with Gasteiger partial charge in [0, 0.05) is 17.8 Å². The molecular weight excluding hydrogens is 324 g/mol. The maximum atomic E-state index is 11.9. The third kappa shape index (κ3) is 3.44. The van der Waals surface area contributed by atoms with Crippen molar-refractivity contribution in [2.24, 2.45) is 11.7 Å². The minimum atomic E-state index is -0.664. The second-order valence-corrected chi connectivity index (χ2v) is 6.76. The molecule has 9 nitrogen and oxygen atoms in total. The molecule has 3 heterocycles. The van der Waals surface area contributed by atoms with E-state index < -0.39 is 18.1 Å². The molecular formula is C16H24N6O3. The summed E-state index contributed by atoms with van der Waals surface area (Å²) >= 11 is 0. The Labute approximate surface area is 145 Å². The average molecular weight is 348 g/mol. The van der Waals surface area contributed by atoms with E-state index in [1.807, 2.05) is 20.0 Å². The largest absolute Gasteiger partial charge is 0.463 e. The van der Waals surface area contributed by atoms with Crippen LogP contribution in [-0.2, 0) is 9.53 Å². The predicted molar refractivity (Wildman–Crippen MR) is 92.4 cm³/mol. The van der Waals surface area contributed by atoms with Gasteiger partial charge in [-0.2, -0.15) is 0 Å². The van der Waals surface area contributed by atoms with E-state index in [1.165, 1.54) is 6.33 Å². The van der Waals surface area contributed by atoms with Crippen LogP contribution in [0.1, 0.15) is 31.9 Å². The molecule has 4 atom stereocenters. The Morgan fingerprint density at radius 1 is 1.48 bits per heavy atom. The predicted octanol–water partition coefficient (Wildman–Crippen LogP) is -0.169. The first kappa shape index (κ1) is 17.6. The van der Waals surface area contributed by atoms with Crippen LogP contribution in [0.5, 0.6) is 0 Å². The standard InChI is InChI=1S/C16H24N6O3/c1-7(2)12(17)16(24)25-5-10-11(23)3-9(22-10)8-4-19-14-13(8)20-6-21-15(14)18/h4,6-7,9-12,19,22-23H,3,5,17H2,1-2H3,(H2,18,20,21). The van der Waals surface area contributed by atoms with Crippen LogP contribution in [-0.4, -0.2) is 50.8 Å². The van der Waals surface area contributed by atoms with E-state index in [1.54, 1.807) is 0 Å². The molecule has 0 aliphatic carbocycles. The Morgan fingerprint density at radius 2 is 2.24 bits per heavy atom. The highest BCUT2D eigenvalue weighted by Crippen LogP contribution is 2.32. The highest BCUT2D eigenvalue weighted by atomic mass is 16.5. The van der Waals surface area contributed by atoms with Crippen molar-refractivity contribution >= 4 is 22.8 Å². The first-order valence-corrected chi connectivity index (χ1v) is 8.32. The number of fused-ring (bicyclic) bond motifs is 1. The van der Waals surface area contributed by atoms with Crippen LogP contribution in [0.15, 0.2) is 12.5 Å². The zero-order valence-electron chi connectivity index (χ0n) is 14.3. The van der Waals surface area contributed by atoms with Crippen molar-refractivity contribution in [2.75, 3.05) is 12.3 Å². The lowest BCUT2D eigenvalue weighted by Crippen LogP contribution is -2.41. The second-order valence-electron chi connectivity index (χ2n) is 6.76. The first-order chi connectivity index (χ1) is 11.9. The van der Waals surface area contributed by atoms with E-state index in [4.69, 9.17) is 16.2 Å². The number of hydrogen-bond donors (Lipinski definition) is 5. The van der Waals surface area contributed by atoms with Crippen LogP contribution in [0.25, 0.3) is 11.0 Å². The van der Waals surface area contributed by atoms with Gasteiger partial charge in [-0.15, -0.1) is 0 Å². The highest BCUT2D eigenvalue weighted by molar-refractivity contribution is 5.87. The van der Waals surface area contributed by atoms with Crippen molar-refractivity contribution in [1.29, 1.82) is 0 Å². The van der Waals surface area contributed by atoms with E-state index in [0.29, 0.717) is 17.8 Å². The van der Waals surface area contributed by atoms with Crippen LogP contribution >= 0.6 is 0 Å². The van der Waals surface area contributed by atoms with Gasteiger partial charge in [-0.25, -0.2) is 9.97 Å². The van der Waals surface area contributed by atoms with Gasteiger partial charge in [0.25, 0.3) is 0 Å². The minimum absolute atomic E-state index is 0.00179. The monoisotopic (exact) mass is 348 g/mol. The zero-order chi connectivity index (χ0) is 18.1. The molecule has 136 valence electrons. The van der Waals surface area contributed by atoms with E-state index >= 15 is 0 Å². The van der Waals surface area contributed by atoms with Crippen molar-refractivity contribution in [3.8, 4) is 0 Å². The number of nitrogens with zero attached hydrogens (tertiary/aromatic N) is 2. The smallest absolute Gasteiger partial charge is 0.323 e. The Hall–Kier alpha value is -2.23. The molecule has 1 aliphatic heterocycles. The SMILES string of the molecule is CC(C)C(N)C(=O)OCC1NC(c2c[nH]c3c(N)ncnc23)CC1O. The molecule has 3 rings (SSSR count). The van der Waals surface area contributed by atoms with E-state index in [2.05, 4.69) is 20.3 Å². The lowest BCUT2D eigenvalue weighted by atomic mass is 10.1. The van der Waals surface area contributed by atoms with Gasteiger partial charge in [0.15, 0.2) is 5.82 Å². The number of aliphatic hydroxyl groups is 1. The molecule has 0 saturated carbocycles. The number of nitrogen functional groups attached to an aromatic ring is 1. The summed E-state index contributed by atoms with van der Waals surface area (Å²) in [6, 6.07) is -1.15. The number of hydrogen-bond acceptors (Lipinski definition) is 8. The van der Waals surface area contributed by atoms with Crippen LogP contribution in [0.3, 0.4) is 0 Å². The number of carbonyl (C=O) groups excluding carboxylic acids is 1. The summed E-state index contributed by atoms with van der Waals surface area (Å²) < 4.78 is 5.25. The number of nitrogens with one attached hydrogen (secondary N) is 2. The third-order valence-corrected chi connectivity index (χ3v) is 4.65.